The molecule has 1 aliphatic carbocycles. The van der Waals surface area contributed by atoms with E-state index < -0.39 is 0 Å². The highest BCUT2D eigenvalue weighted by Gasteiger charge is 2.32. The minimum atomic E-state index is -0.158. The Morgan fingerprint density at radius 3 is 2.81 bits per heavy atom. The maximum absolute atomic E-state index is 13.0. The Morgan fingerprint density at radius 1 is 1.44 bits per heavy atom. The first-order valence-electron chi connectivity index (χ1n) is 5.85. The number of halogens is 1. The summed E-state index contributed by atoms with van der Waals surface area (Å²) in [5.41, 5.74) is 6.73. The van der Waals surface area contributed by atoms with Crippen molar-refractivity contribution in [2.24, 2.45) is 11.7 Å². The molecule has 2 nitrogen and oxygen atoms in total. The molecule has 0 aliphatic heterocycles. The molecule has 0 spiro atoms. The minimum absolute atomic E-state index is 0.158. The fourth-order valence-corrected chi connectivity index (χ4v) is 2.45. The van der Waals surface area contributed by atoms with Crippen molar-refractivity contribution in [3.05, 3.63) is 35.6 Å². The monoisotopic (exact) mass is 222 g/mol. The molecule has 16 heavy (non-hydrogen) atoms. The van der Waals surface area contributed by atoms with Crippen LogP contribution in [-0.4, -0.2) is 24.5 Å². The van der Waals surface area contributed by atoms with Gasteiger partial charge in [-0.05, 0) is 50.0 Å². The van der Waals surface area contributed by atoms with Crippen molar-refractivity contribution >= 4 is 0 Å². The largest absolute Gasteiger partial charge is 0.330 e. The van der Waals surface area contributed by atoms with Crippen molar-refractivity contribution in [2.75, 3.05) is 13.6 Å². The lowest BCUT2D eigenvalue weighted by atomic mass is 9.78. The van der Waals surface area contributed by atoms with E-state index in [4.69, 9.17) is 5.73 Å². The quantitative estimate of drug-likeness (QED) is 0.844. The van der Waals surface area contributed by atoms with Gasteiger partial charge in [-0.1, -0.05) is 12.1 Å². The van der Waals surface area contributed by atoms with E-state index in [-0.39, 0.29) is 5.82 Å². The Kier molecular flexibility index (Phi) is 3.56. The molecule has 0 radical (unpaired) electrons. The molecule has 0 saturated heterocycles. The van der Waals surface area contributed by atoms with Crippen LogP contribution in [0.3, 0.4) is 0 Å². The van der Waals surface area contributed by atoms with Gasteiger partial charge >= 0.3 is 0 Å². The van der Waals surface area contributed by atoms with E-state index in [0.29, 0.717) is 12.0 Å². The molecule has 1 saturated carbocycles. The van der Waals surface area contributed by atoms with Gasteiger partial charge in [0.1, 0.15) is 5.82 Å². The van der Waals surface area contributed by atoms with Gasteiger partial charge in [0, 0.05) is 12.6 Å². The topological polar surface area (TPSA) is 29.3 Å². The second-order valence-electron chi connectivity index (χ2n) is 4.69. The van der Waals surface area contributed by atoms with Gasteiger partial charge in [0.25, 0.3) is 0 Å². The average molecular weight is 222 g/mol. The van der Waals surface area contributed by atoms with Crippen molar-refractivity contribution in [1.29, 1.82) is 0 Å². The highest BCUT2D eigenvalue weighted by atomic mass is 19.1. The Labute approximate surface area is 96.2 Å². The Bertz CT molecular complexity index is 352. The number of hydrogen-bond donors (Lipinski definition) is 1. The number of nitrogens with zero attached hydrogens (tertiary/aromatic N) is 1. The summed E-state index contributed by atoms with van der Waals surface area (Å²) >= 11 is 0. The van der Waals surface area contributed by atoms with Crippen molar-refractivity contribution in [3.8, 4) is 0 Å². The number of rotatable bonds is 4. The van der Waals surface area contributed by atoms with Gasteiger partial charge in [-0.15, -0.1) is 0 Å². The molecule has 0 bridgehead atoms. The van der Waals surface area contributed by atoms with E-state index >= 15 is 0 Å². The summed E-state index contributed by atoms with van der Waals surface area (Å²) in [4.78, 5) is 2.29. The van der Waals surface area contributed by atoms with Gasteiger partial charge in [0.05, 0.1) is 0 Å². The van der Waals surface area contributed by atoms with Crippen LogP contribution in [-0.2, 0) is 6.54 Å². The fourth-order valence-electron chi connectivity index (χ4n) is 2.45. The fraction of sp³-hybridized carbons (Fsp3) is 0.538. The van der Waals surface area contributed by atoms with Gasteiger partial charge in [-0.3, -0.25) is 4.90 Å². The first kappa shape index (κ1) is 11.6. The number of hydrogen-bond acceptors (Lipinski definition) is 2. The average Bonchev–Trinajstić information content (AvgIpc) is 2.16. The summed E-state index contributed by atoms with van der Waals surface area (Å²) in [5.74, 6) is 0.466. The summed E-state index contributed by atoms with van der Waals surface area (Å²) in [6.07, 6.45) is 2.45. The predicted octanol–water partition coefficient (Wildman–Crippen LogP) is 1.99. The molecule has 1 aromatic rings. The van der Waals surface area contributed by atoms with Crippen LogP contribution in [0.1, 0.15) is 18.4 Å². The van der Waals surface area contributed by atoms with Crippen LogP contribution in [0.2, 0.25) is 0 Å². The van der Waals surface area contributed by atoms with Crippen LogP contribution in [0.25, 0.3) is 0 Å². The lowest BCUT2D eigenvalue weighted by Gasteiger charge is -2.42. The molecule has 1 aromatic carbocycles. The maximum atomic E-state index is 13.0. The zero-order chi connectivity index (χ0) is 11.5. The Balaban J connectivity index is 1.94. The smallest absolute Gasteiger partial charge is 0.123 e. The third kappa shape index (κ3) is 2.42. The number of benzene rings is 1. The van der Waals surface area contributed by atoms with Gasteiger partial charge in [-0.25, -0.2) is 4.39 Å². The van der Waals surface area contributed by atoms with E-state index in [9.17, 15) is 4.39 Å². The molecule has 0 heterocycles. The van der Waals surface area contributed by atoms with Crippen LogP contribution in [0, 0.1) is 11.7 Å². The molecule has 0 amide bonds. The third-order valence-electron chi connectivity index (χ3n) is 3.57. The normalized spacial score (nSPS) is 24.5. The van der Waals surface area contributed by atoms with E-state index in [1.807, 2.05) is 6.07 Å². The lowest BCUT2D eigenvalue weighted by molar-refractivity contribution is 0.0837. The standard InChI is InChI=1S/C13H19FN2/c1-16(13-6-5-11(13)8-15)9-10-3-2-4-12(14)7-10/h2-4,7,11,13H,5-6,8-9,15H2,1H3. The van der Waals surface area contributed by atoms with Crippen molar-refractivity contribution in [1.82, 2.24) is 4.90 Å². The third-order valence-corrected chi connectivity index (χ3v) is 3.57. The maximum Gasteiger partial charge on any atom is 0.123 e. The molecule has 2 atom stereocenters. The van der Waals surface area contributed by atoms with Crippen molar-refractivity contribution in [2.45, 2.75) is 25.4 Å². The van der Waals surface area contributed by atoms with Crippen LogP contribution in [0.5, 0.6) is 0 Å². The van der Waals surface area contributed by atoms with Gasteiger partial charge < -0.3 is 5.73 Å². The summed E-state index contributed by atoms with van der Waals surface area (Å²) in [6, 6.07) is 7.39. The van der Waals surface area contributed by atoms with E-state index in [2.05, 4.69) is 11.9 Å². The molecule has 88 valence electrons. The second-order valence-corrected chi connectivity index (χ2v) is 4.69. The molecule has 3 heteroatoms. The predicted molar refractivity (Wildman–Crippen MR) is 63.4 cm³/mol. The molecule has 1 aliphatic rings. The zero-order valence-corrected chi connectivity index (χ0v) is 9.70. The van der Waals surface area contributed by atoms with Crippen molar-refractivity contribution < 1.29 is 4.39 Å². The van der Waals surface area contributed by atoms with Crippen molar-refractivity contribution in [3.63, 3.8) is 0 Å². The van der Waals surface area contributed by atoms with Crippen LogP contribution >= 0.6 is 0 Å². The molecule has 0 aromatic heterocycles. The molecule has 2 unspecified atom stereocenters. The number of nitrogens with two attached hydrogens (primary N) is 1. The molecule has 1 fully saturated rings. The van der Waals surface area contributed by atoms with Gasteiger partial charge in [0.2, 0.25) is 0 Å². The van der Waals surface area contributed by atoms with Crippen LogP contribution in [0.15, 0.2) is 24.3 Å². The van der Waals surface area contributed by atoms with E-state index in [0.717, 1.165) is 18.7 Å². The van der Waals surface area contributed by atoms with Crippen LogP contribution < -0.4 is 5.73 Å². The highest BCUT2D eigenvalue weighted by molar-refractivity contribution is 5.16. The summed E-state index contributed by atoms with van der Waals surface area (Å²) in [6.45, 7) is 1.57. The zero-order valence-electron chi connectivity index (χ0n) is 9.70. The first-order valence-corrected chi connectivity index (χ1v) is 5.85. The summed E-state index contributed by atoms with van der Waals surface area (Å²) < 4.78 is 13.0. The Hall–Kier alpha value is -0.930. The van der Waals surface area contributed by atoms with Gasteiger partial charge in [0.15, 0.2) is 0 Å². The van der Waals surface area contributed by atoms with E-state index in [1.54, 1.807) is 12.1 Å². The first-order chi connectivity index (χ1) is 7.70. The molecule has 2 rings (SSSR count). The van der Waals surface area contributed by atoms with Crippen LogP contribution in [0.4, 0.5) is 4.39 Å². The summed E-state index contributed by atoms with van der Waals surface area (Å²) in [7, 11) is 2.09. The molecular formula is C13H19FN2. The SMILES string of the molecule is CN(Cc1cccc(F)c1)C1CCC1CN. The molecular weight excluding hydrogens is 203 g/mol. The Morgan fingerprint density at radius 2 is 2.25 bits per heavy atom. The van der Waals surface area contributed by atoms with Gasteiger partial charge in [-0.2, -0.15) is 0 Å². The highest BCUT2D eigenvalue weighted by Crippen LogP contribution is 2.31. The second kappa shape index (κ2) is 4.93. The summed E-state index contributed by atoms with van der Waals surface area (Å²) in [5, 5.41) is 0. The lowest BCUT2D eigenvalue weighted by Crippen LogP contribution is -2.47. The minimum Gasteiger partial charge on any atom is -0.330 e. The molecule has 2 N–H and O–H groups in total. The van der Waals surface area contributed by atoms with E-state index in [1.165, 1.54) is 18.9 Å².